The van der Waals surface area contributed by atoms with E-state index in [4.69, 9.17) is 10.5 Å². The lowest BCUT2D eigenvalue weighted by atomic mass is 9.87. The Morgan fingerprint density at radius 3 is 2.09 bits per heavy atom. The summed E-state index contributed by atoms with van der Waals surface area (Å²) in [5.74, 6) is -2.25. The molecule has 2 amide bonds. The third-order valence-electron chi connectivity index (χ3n) is 13.2. The van der Waals surface area contributed by atoms with E-state index in [1.165, 1.54) is 25.0 Å². The number of carboxylic acid groups (broad SMARTS) is 1. The number of hydrogen-bond acceptors (Lipinski definition) is 22. The van der Waals surface area contributed by atoms with Crippen molar-refractivity contribution in [3.8, 4) is 0 Å². The fraction of sp³-hybridized carbons (Fsp3) is 0.667. The summed E-state index contributed by atoms with van der Waals surface area (Å²) in [6.07, 6.45) is 3.23. The number of nitrogens with one attached hydrogen (secondary N) is 2. The molecule has 1 saturated heterocycles. The van der Waals surface area contributed by atoms with Crippen molar-refractivity contribution in [2.45, 2.75) is 148 Å². The molecule has 0 bridgehead atoms. The summed E-state index contributed by atoms with van der Waals surface area (Å²) in [6.45, 7) is 3.50. The van der Waals surface area contributed by atoms with E-state index in [0.717, 1.165) is 87.9 Å². The van der Waals surface area contributed by atoms with Gasteiger partial charge in [-0.2, -0.15) is 0 Å². The van der Waals surface area contributed by atoms with E-state index in [0.29, 0.717) is 6.42 Å². The second-order valence-corrected chi connectivity index (χ2v) is 24.1. The van der Waals surface area contributed by atoms with Crippen LogP contribution in [0.1, 0.15) is 122 Å². The molecular weight excluding hydrogens is 1040 g/mol. The number of anilines is 1. The third kappa shape index (κ3) is 18.0. The highest BCUT2D eigenvalue weighted by Crippen LogP contribution is 2.57. The number of hydrogen-bond donors (Lipinski definition) is 6. The molecular formula is C45H66N7O19P3-4. The molecule has 414 valence electrons. The number of carbonyl (C=O) groups is 4. The molecule has 0 radical (unpaired) electrons. The van der Waals surface area contributed by atoms with Crippen LogP contribution in [-0.4, -0.2) is 109 Å². The average Bonchev–Trinajstić information content (AvgIpc) is 3.89. The van der Waals surface area contributed by atoms with E-state index in [9.17, 15) is 67.8 Å². The SMILES string of the molecule is CC(C)(CCCCCc1ccc(CCCCCC2(C(=O)CCNC(=O)CCNC(=O)C(O)C(C)(C)COP(=O)([O-])OP(=O)([O-])OCC3OC(n4cnc5c(N)ncnc54)C(O)C3OP(=O)([O-])[O-])CC2)cc1)C(=O)O. The summed E-state index contributed by atoms with van der Waals surface area (Å²) in [5.41, 5.74) is 5.54. The number of ether oxygens (including phenoxy) is 1. The molecule has 2 fully saturated rings. The molecule has 7 N–H and O–H groups in total. The van der Waals surface area contributed by atoms with Crippen LogP contribution in [0.25, 0.3) is 11.2 Å². The first-order valence-electron chi connectivity index (χ1n) is 24.2. The van der Waals surface area contributed by atoms with Gasteiger partial charge in [0.2, 0.25) is 11.8 Å². The van der Waals surface area contributed by atoms with Crippen molar-refractivity contribution in [2.75, 3.05) is 32.0 Å². The number of Topliss-reactive ketones (excluding diaryl/α,β-unsaturated/α-hetero) is 1. The number of unbranched alkanes of at least 4 members (excludes halogenated alkanes) is 4. The lowest BCUT2D eigenvalue weighted by Gasteiger charge is -2.36. The van der Waals surface area contributed by atoms with Crippen molar-refractivity contribution in [3.05, 3.63) is 48.0 Å². The van der Waals surface area contributed by atoms with Gasteiger partial charge in [0.05, 0.1) is 32.8 Å². The number of nitrogen functional groups attached to an aromatic ring is 1. The summed E-state index contributed by atoms with van der Waals surface area (Å²) in [5, 5.41) is 35.8. The van der Waals surface area contributed by atoms with E-state index in [-0.39, 0.29) is 54.1 Å². The molecule has 1 saturated carbocycles. The van der Waals surface area contributed by atoms with Crippen LogP contribution in [0, 0.1) is 16.2 Å². The van der Waals surface area contributed by atoms with Gasteiger partial charge in [0.1, 0.15) is 42.0 Å². The van der Waals surface area contributed by atoms with Gasteiger partial charge >= 0.3 is 5.97 Å². The molecule has 0 spiro atoms. The standard InChI is InChI=1S/C45H70N7O19P3/c1-43(2,42(58)59)19-9-5-7-11-29-13-15-30(16-14-29)12-8-6-10-20-45(21-22-45)32(53)17-23-47-33(54)18-24-48-40(57)37(56)44(3,4)26-68-74(65,66)71-73(63,64)67-25-31-36(70-72(60,61)62)35(55)41(69-31)52-28-51-34-38(46)49-27-50-39(34)52/h13-16,27-28,31,35-37,41,55-56H,5-12,17-26H2,1-4H3,(H,47,54)(H,48,57)(H,58,59)(H,63,64)(H,65,66)(H2,46,49,50)(H2,60,61,62)/p-4. The monoisotopic (exact) mass is 1100 g/mol. The Morgan fingerprint density at radius 2 is 1.49 bits per heavy atom. The minimum absolute atomic E-state index is 0.0249. The Kier molecular flexibility index (Phi) is 21.2. The predicted octanol–water partition coefficient (Wildman–Crippen LogP) is 1.63. The Balaban J connectivity index is 0.947. The largest absolute Gasteiger partial charge is 0.790 e. The van der Waals surface area contributed by atoms with Gasteiger partial charge in [-0.3, -0.25) is 32.9 Å². The fourth-order valence-corrected chi connectivity index (χ4v) is 11.1. The molecule has 5 rings (SSSR count). The van der Waals surface area contributed by atoms with Crippen LogP contribution in [-0.2, 0) is 68.3 Å². The number of nitrogens with two attached hydrogens (primary N) is 1. The molecule has 2 aromatic heterocycles. The Labute approximate surface area is 428 Å². The maximum Gasteiger partial charge on any atom is 0.309 e. The first kappa shape index (κ1) is 60.8. The third-order valence-corrected chi connectivity index (χ3v) is 16.2. The van der Waals surface area contributed by atoms with E-state index in [1.54, 1.807) is 13.8 Å². The van der Waals surface area contributed by atoms with Crippen LogP contribution in [0.4, 0.5) is 5.82 Å². The highest BCUT2D eigenvalue weighted by atomic mass is 31.3. The zero-order valence-corrected chi connectivity index (χ0v) is 44.3. The molecule has 29 heteroatoms. The first-order chi connectivity index (χ1) is 34.5. The Bertz CT molecular complexity index is 2560. The average molecular weight is 1100 g/mol. The van der Waals surface area contributed by atoms with Gasteiger partial charge in [-0.05, 0) is 76.3 Å². The molecule has 1 aliphatic heterocycles. The maximum absolute atomic E-state index is 13.1. The van der Waals surface area contributed by atoms with Crippen molar-refractivity contribution < 1.29 is 90.4 Å². The number of carbonyl (C=O) groups excluding carboxylic acids is 3. The van der Waals surface area contributed by atoms with Crippen molar-refractivity contribution in [3.63, 3.8) is 0 Å². The van der Waals surface area contributed by atoms with Gasteiger partial charge in [-0.1, -0.05) is 63.8 Å². The number of phosphoric ester groups is 3. The molecule has 3 aromatic rings. The molecule has 3 heterocycles. The number of aliphatic hydroxyl groups is 2. The minimum Gasteiger partial charge on any atom is -0.790 e. The van der Waals surface area contributed by atoms with Crippen LogP contribution in [0.2, 0.25) is 0 Å². The number of aryl methyl sites for hydroxylation is 2. The van der Waals surface area contributed by atoms with E-state index in [2.05, 4.69) is 67.7 Å². The number of phosphoric acid groups is 3. The zero-order valence-electron chi connectivity index (χ0n) is 41.7. The van der Waals surface area contributed by atoms with Crippen LogP contribution in [0.5, 0.6) is 0 Å². The topological polar surface area (TPSA) is 412 Å². The van der Waals surface area contributed by atoms with Gasteiger partial charge in [0.15, 0.2) is 17.7 Å². The van der Waals surface area contributed by atoms with Crippen LogP contribution in [0.3, 0.4) is 0 Å². The second-order valence-electron chi connectivity index (χ2n) is 20.1. The highest BCUT2D eigenvalue weighted by molar-refractivity contribution is 7.59. The number of fused-ring (bicyclic) bond motifs is 1. The highest BCUT2D eigenvalue weighted by Gasteiger charge is 2.49. The van der Waals surface area contributed by atoms with E-state index in [1.807, 2.05) is 0 Å². The Hall–Kier alpha value is -4.10. The number of aliphatic carboxylic acids is 1. The summed E-state index contributed by atoms with van der Waals surface area (Å²) in [4.78, 5) is 110. The number of rotatable bonds is 33. The van der Waals surface area contributed by atoms with Crippen LogP contribution >= 0.6 is 23.5 Å². The number of amides is 2. The quantitative estimate of drug-likeness (QED) is 0.0373. The van der Waals surface area contributed by atoms with Gasteiger partial charge in [-0.15, -0.1) is 0 Å². The van der Waals surface area contributed by atoms with Crippen molar-refractivity contribution in [1.82, 2.24) is 30.2 Å². The van der Waals surface area contributed by atoms with E-state index < -0.39 is 95.9 Å². The number of ketones is 1. The lowest BCUT2D eigenvalue weighted by Crippen LogP contribution is -2.46. The summed E-state index contributed by atoms with van der Waals surface area (Å²) >= 11 is 0. The molecule has 1 aromatic carbocycles. The van der Waals surface area contributed by atoms with Crippen molar-refractivity contribution >= 4 is 64.0 Å². The van der Waals surface area contributed by atoms with Gasteiger partial charge in [0.25, 0.3) is 15.6 Å². The maximum atomic E-state index is 13.1. The predicted molar refractivity (Wildman–Crippen MR) is 254 cm³/mol. The first-order valence-corrected chi connectivity index (χ1v) is 28.6. The molecule has 7 unspecified atom stereocenters. The summed E-state index contributed by atoms with van der Waals surface area (Å²) in [6, 6.07) is 8.62. The normalized spacial score (nSPS) is 20.9. The van der Waals surface area contributed by atoms with Crippen LogP contribution in [0.15, 0.2) is 36.9 Å². The molecule has 26 nitrogen and oxygen atoms in total. The fourth-order valence-electron chi connectivity index (χ4n) is 8.34. The number of benzene rings is 1. The lowest BCUT2D eigenvalue weighted by molar-refractivity contribution is -0.347. The zero-order chi connectivity index (χ0) is 54.7. The Morgan fingerprint density at radius 1 is 0.878 bits per heavy atom. The number of nitrogens with zero attached hydrogens (tertiary/aromatic N) is 4. The van der Waals surface area contributed by atoms with Crippen LogP contribution < -0.4 is 35.9 Å². The smallest absolute Gasteiger partial charge is 0.309 e. The molecule has 74 heavy (non-hydrogen) atoms. The number of imidazole rings is 1. The van der Waals surface area contributed by atoms with Gasteiger partial charge < -0.3 is 74.1 Å². The van der Waals surface area contributed by atoms with Crippen molar-refractivity contribution in [2.24, 2.45) is 16.2 Å². The number of aromatic nitrogens is 4. The molecule has 7 atom stereocenters. The minimum atomic E-state index is -5.94. The number of aliphatic hydroxyl groups excluding tert-OH is 2. The molecule has 1 aliphatic carbocycles. The summed E-state index contributed by atoms with van der Waals surface area (Å²) < 4.78 is 61.0. The number of carboxylic acids is 1. The molecule has 2 aliphatic rings. The van der Waals surface area contributed by atoms with Crippen molar-refractivity contribution in [1.29, 1.82) is 0 Å². The van der Waals surface area contributed by atoms with Gasteiger partial charge in [-0.25, -0.2) is 19.3 Å². The van der Waals surface area contributed by atoms with E-state index >= 15 is 0 Å². The summed E-state index contributed by atoms with van der Waals surface area (Å²) in [7, 11) is -17.7. The second kappa shape index (κ2) is 25.8. The van der Waals surface area contributed by atoms with Gasteiger partial charge in [0, 0.05) is 36.8 Å².